The molecule has 0 atom stereocenters. The van der Waals surface area contributed by atoms with Crippen molar-refractivity contribution < 1.29 is 29.7 Å². The molecule has 0 bridgehead atoms. The lowest BCUT2D eigenvalue weighted by Gasteiger charge is -2.16. The van der Waals surface area contributed by atoms with Gasteiger partial charge in [-0.05, 0) is 18.6 Å². The van der Waals surface area contributed by atoms with Crippen LogP contribution in [0.4, 0.5) is 0 Å². The highest BCUT2D eigenvalue weighted by Crippen LogP contribution is 2.30. The van der Waals surface area contributed by atoms with Crippen LogP contribution in [0.3, 0.4) is 0 Å². The molecule has 2 amide bonds. The van der Waals surface area contributed by atoms with E-state index in [0.717, 1.165) is 6.42 Å². The number of pyridine rings is 1. The number of carbonyl (C=O) groups excluding carboxylic acids is 2. The Morgan fingerprint density at radius 1 is 1.00 bits per heavy atom. The highest BCUT2D eigenvalue weighted by molar-refractivity contribution is 6.05. The average Bonchev–Trinajstić information content (AvgIpc) is 2.67. The minimum atomic E-state index is -1.36. The highest BCUT2D eigenvalue weighted by Gasteiger charge is 2.30. The fourth-order valence-corrected chi connectivity index (χ4v) is 2.59. The van der Waals surface area contributed by atoms with Crippen LogP contribution in [0.1, 0.15) is 40.5 Å². The second-order valence-corrected chi connectivity index (χ2v) is 6.08. The van der Waals surface area contributed by atoms with Crippen LogP contribution in [0, 0.1) is 0 Å². The van der Waals surface area contributed by atoms with E-state index in [0.29, 0.717) is 11.0 Å². The summed E-state index contributed by atoms with van der Waals surface area (Å²) in [4.78, 5) is 48.4. The van der Waals surface area contributed by atoms with Gasteiger partial charge in [0.1, 0.15) is 17.7 Å². The highest BCUT2D eigenvalue weighted by atomic mass is 16.4. The fourth-order valence-electron chi connectivity index (χ4n) is 2.59. The number of aromatic hydroxyl groups is 2. The van der Waals surface area contributed by atoms with Gasteiger partial charge in [0.05, 0.1) is 5.69 Å². The van der Waals surface area contributed by atoms with Crippen LogP contribution in [0.25, 0.3) is 5.69 Å². The maximum absolute atomic E-state index is 12.8. The second-order valence-electron chi connectivity index (χ2n) is 6.08. The topological polar surface area (TPSA) is 158 Å². The van der Waals surface area contributed by atoms with Gasteiger partial charge in [-0.25, -0.2) is 4.57 Å². The van der Waals surface area contributed by atoms with Crippen LogP contribution in [0.5, 0.6) is 11.6 Å². The number of carboxylic acid groups (broad SMARTS) is 1. The van der Waals surface area contributed by atoms with Crippen LogP contribution in [-0.4, -0.2) is 50.8 Å². The van der Waals surface area contributed by atoms with Crippen molar-refractivity contribution in [1.29, 1.82) is 0 Å². The van der Waals surface area contributed by atoms with Gasteiger partial charge in [0.2, 0.25) is 5.88 Å². The molecular formula is C19H21N3O7. The number of unbranched alkanes of at least 4 members (excludes halogenated alkanes) is 1. The predicted molar refractivity (Wildman–Crippen MR) is 103 cm³/mol. The van der Waals surface area contributed by atoms with Crippen LogP contribution >= 0.6 is 0 Å². The van der Waals surface area contributed by atoms with Gasteiger partial charge in [-0.2, -0.15) is 0 Å². The van der Waals surface area contributed by atoms with E-state index < -0.39 is 52.6 Å². The number of hydrogen-bond acceptors (Lipinski definition) is 6. The Labute approximate surface area is 165 Å². The molecule has 0 aliphatic rings. The lowest BCUT2D eigenvalue weighted by molar-refractivity contribution is -0.135. The summed E-state index contributed by atoms with van der Waals surface area (Å²) in [5.74, 6) is -5.32. The summed E-state index contributed by atoms with van der Waals surface area (Å²) >= 11 is 0. The summed E-state index contributed by atoms with van der Waals surface area (Å²) in [6.07, 6.45) is 1.42. The quantitative estimate of drug-likeness (QED) is 0.404. The van der Waals surface area contributed by atoms with Crippen LogP contribution in [0.2, 0.25) is 0 Å². The predicted octanol–water partition coefficient (Wildman–Crippen LogP) is 0.593. The molecule has 2 aromatic rings. The molecule has 0 radical (unpaired) electrons. The molecule has 0 unspecified atom stereocenters. The van der Waals surface area contributed by atoms with E-state index >= 15 is 0 Å². The number of amides is 2. The Morgan fingerprint density at radius 2 is 1.62 bits per heavy atom. The summed E-state index contributed by atoms with van der Waals surface area (Å²) in [6.45, 7) is 1.35. The summed E-state index contributed by atoms with van der Waals surface area (Å²) in [5.41, 5.74) is -2.48. The Kier molecular flexibility index (Phi) is 6.96. The van der Waals surface area contributed by atoms with Crippen molar-refractivity contribution in [3.05, 3.63) is 51.8 Å². The Hall–Kier alpha value is -3.82. The lowest BCUT2D eigenvalue weighted by atomic mass is 10.1. The smallest absolute Gasteiger partial charge is 0.322 e. The first-order chi connectivity index (χ1) is 13.8. The summed E-state index contributed by atoms with van der Waals surface area (Å²) in [6, 6.07) is 7.70. The molecular weight excluding hydrogens is 382 g/mol. The van der Waals surface area contributed by atoms with Gasteiger partial charge < -0.3 is 26.0 Å². The zero-order valence-corrected chi connectivity index (χ0v) is 15.6. The number of benzene rings is 1. The monoisotopic (exact) mass is 403 g/mol. The van der Waals surface area contributed by atoms with Crippen LogP contribution < -0.4 is 16.2 Å². The van der Waals surface area contributed by atoms with Crippen molar-refractivity contribution in [2.45, 2.75) is 19.8 Å². The van der Waals surface area contributed by atoms with Gasteiger partial charge >= 0.3 is 5.97 Å². The molecule has 1 aromatic heterocycles. The van der Waals surface area contributed by atoms with Gasteiger partial charge in [0.25, 0.3) is 17.4 Å². The summed E-state index contributed by atoms with van der Waals surface area (Å²) in [7, 11) is 0. The Morgan fingerprint density at radius 3 is 2.21 bits per heavy atom. The molecule has 1 heterocycles. The molecule has 29 heavy (non-hydrogen) atoms. The van der Waals surface area contributed by atoms with E-state index in [1.165, 1.54) is 12.1 Å². The van der Waals surface area contributed by atoms with Crippen molar-refractivity contribution in [3.63, 3.8) is 0 Å². The average molecular weight is 403 g/mol. The molecule has 0 aliphatic carbocycles. The van der Waals surface area contributed by atoms with Gasteiger partial charge in [-0.1, -0.05) is 31.5 Å². The Balaban J connectivity index is 2.68. The summed E-state index contributed by atoms with van der Waals surface area (Å²) < 4.78 is 0.699. The van der Waals surface area contributed by atoms with Crippen LogP contribution in [-0.2, 0) is 4.79 Å². The van der Waals surface area contributed by atoms with E-state index in [1.807, 2.05) is 12.2 Å². The molecule has 0 aliphatic heterocycles. The summed E-state index contributed by atoms with van der Waals surface area (Å²) in [5, 5.41) is 34.2. The first-order valence-corrected chi connectivity index (χ1v) is 8.84. The molecule has 0 saturated heterocycles. The normalized spacial score (nSPS) is 10.4. The van der Waals surface area contributed by atoms with E-state index in [2.05, 4.69) is 5.32 Å². The number of aliphatic carboxylic acids is 1. The van der Waals surface area contributed by atoms with Gasteiger partial charge in [-0.15, -0.1) is 0 Å². The number of aromatic nitrogens is 1. The van der Waals surface area contributed by atoms with Gasteiger partial charge in [-0.3, -0.25) is 19.2 Å². The van der Waals surface area contributed by atoms with Gasteiger partial charge in [0.15, 0.2) is 5.75 Å². The molecule has 0 saturated carbocycles. The minimum absolute atomic E-state index is 0.143. The molecule has 0 spiro atoms. The maximum Gasteiger partial charge on any atom is 0.322 e. The maximum atomic E-state index is 12.8. The SMILES string of the molecule is CCCCNC(=O)c1c(O)c(C(=O)NCC(=O)O)c(=O)n(-c2ccccc2)c1O. The number of nitrogens with one attached hydrogen (secondary N) is 2. The number of nitrogens with zero attached hydrogens (tertiary/aromatic N) is 1. The fraction of sp³-hybridized carbons (Fsp3) is 0.263. The molecule has 0 fully saturated rings. The molecule has 5 N–H and O–H groups in total. The standard InChI is InChI=1S/C19H21N3O7/c1-2-3-9-20-16(26)13-15(25)14(17(27)21-10-12(23)24)19(29)22(18(13)28)11-7-5-4-6-8-11/h4-8,25,28H,2-3,9-10H2,1H3,(H,20,26)(H,21,27)(H,23,24). The van der Waals surface area contributed by atoms with Crippen LogP contribution in [0.15, 0.2) is 35.1 Å². The minimum Gasteiger partial charge on any atom is -0.506 e. The van der Waals surface area contributed by atoms with Gasteiger partial charge in [0, 0.05) is 6.54 Å². The largest absolute Gasteiger partial charge is 0.506 e. The molecule has 154 valence electrons. The first kappa shape index (κ1) is 21.5. The van der Waals surface area contributed by atoms with Crippen molar-refractivity contribution in [3.8, 4) is 17.3 Å². The zero-order chi connectivity index (χ0) is 21.6. The molecule has 1 aromatic carbocycles. The zero-order valence-electron chi connectivity index (χ0n) is 15.6. The number of carboxylic acids is 1. The van der Waals surface area contributed by atoms with Crippen molar-refractivity contribution in [1.82, 2.24) is 15.2 Å². The van der Waals surface area contributed by atoms with Crippen molar-refractivity contribution in [2.75, 3.05) is 13.1 Å². The Bertz CT molecular complexity index is 984. The molecule has 10 heteroatoms. The number of rotatable bonds is 8. The number of hydrogen-bond donors (Lipinski definition) is 5. The van der Waals surface area contributed by atoms with E-state index in [9.17, 15) is 29.4 Å². The third-order valence-corrected chi connectivity index (χ3v) is 4.01. The lowest BCUT2D eigenvalue weighted by Crippen LogP contribution is -2.37. The van der Waals surface area contributed by atoms with Crippen molar-refractivity contribution >= 4 is 17.8 Å². The number of carbonyl (C=O) groups is 3. The van der Waals surface area contributed by atoms with E-state index in [-0.39, 0.29) is 12.2 Å². The van der Waals surface area contributed by atoms with E-state index in [1.54, 1.807) is 18.2 Å². The number of para-hydroxylation sites is 1. The first-order valence-electron chi connectivity index (χ1n) is 8.84. The third kappa shape index (κ3) is 4.72. The third-order valence-electron chi connectivity index (χ3n) is 4.01. The molecule has 2 rings (SSSR count). The molecule has 10 nitrogen and oxygen atoms in total. The van der Waals surface area contributed by atoms with E-state index in [4.69, 9.17) is 5.11 Å². The second kappa shape index (κ2) is 9.40. The van der Waals surface area contributed by atoms with Crippen molar-refractivity contribution in [2.24, 2.45) is 0 Å².